The third kappa shape index (κ3) is 3.69. The normalized spacial score (nSPS) is 10.3. The fourth-order valence-electron chi connectivity index (χ4n) is 2.74. The van der Waals surface area contributed by atoms with E-state index in [1.54, 1.807) is 30.5 Å². The number of hydrogen-bond donors (Lipinski definition) is 0. The summed E-state index contributed by atoms with van der Waals surface area (Å²) in [5.74, 6) is 0.590. The second kappa shape index (κ2) is 7.62. The van der Waals surface area contributed by atoms with Crippen molar-refractivity contribution in [2.75, 3.05) is 12.0 Å². The Morgan fingerprint density at radius 1 is 1.04 bits per heavy atom. The number of carbonyl (C=O) groups is 1. The van der Waals surface area contributed by atoms with Crippen molar-refractivity contribution in [3.05, 3.63) is 89.7 Å². The van der Waals surface area contributed by atoms with Gasteiger partial charge in [0.05, 0.1) is 19.3 Å². The molecule has 1 heterocycles. The van der Waals surface area contributed by atoms with Gasteiger partial charge in [0.25, 0.3) is 5.91 Å². The molecule has 0 fully saturated rings. The number of rotatable bonds is 5. The van der Waals surface area contributed by atoms with Gasteiger partial charge in [0.15, 0.2) is 0 Å². The number of benzene rings is 2. The van der Waals surface area contributed by atoms with Gasteiger partial charge in [-0.25, -0.2) is 0 Å². The van der Waals surface area contributed by atoms with Crippen LogP contribution in [0.5, 0.6) is 5.75 Å². The zero-order chi connectivity index (χ0) is 17.6. The summed E-state index contributed by atoms with van der Waals surface area (Å²) in [5.41, 5.74) is 3.28. The fraction of sp³-hybridized carbons (Fsp3) is 0.143. The molecule has 0 aliphatic heterocycles. The molecule has 4 heteroatoms. The highest BCUT2D eigenvalue weighted by Crippen LogP contribution is 2.30. The van der Waals surface area contributed by atoms with Crippen LogP contribution in [-0.2, 0) is 6.54 Å². The Hall–Kier alpha value is -3.14. The minimum atomic E-state index is -0.0757. The van der Waals surface area contributed by atoms with Crippen LogP contribution < -0.4 is 9.64 Å². The second-order valence-electron chi connectivity index (χ2n) is 5.74. The molecule has 126 valence electrons. The van der Waals surface area contributed by atoms with Crippen LogP contribution in [0, 0.1) is 6.92 Å². The number of aryl methyl sites for hydroxylation is 1. The highest BCUT2D eigenvalue weighted by atomic mass is 16.5. The van der Waals surface area contributed by atoms with E-state index in [0.717, 1.165) is 16.8 Å². The molecule has 0 bridgehead atoms. The van der Waals surface area contributed by atoms with Crippen LogP contribution >= 0.6 is 0 Å². The SMILES string of the molecule is COc1ccccc1N(Cc1ccccc1)C(=O)c1ccncc1C. The van der Waals surface area contributed by atoms with Crippen LogP contribution in [0.25, 0.3) is 0 Å². The molecule has 1 aromatic heterocycles. The van der Waals surface area contributed by atoms with Crippen LogP contribution in [0.3, 0.4) is 0 Å². The summed E-state index contributed by atoms with van der Waals surface area (Å²) in [7, 11) is 1.61. The van der Waals surface area contributed by atoms with E-state index in [4.69, 9.17) is 4.74 Å². The Morgan fingerprint density at radius 2 is 1.76 bits per heavy atom. The van der Waals surface area contributed by atoms with Gasteiger partial charge in [-0.05, 0) is 36.2 Å². The quantitative estimate of drug-likeness (QED) is 0.701. The van der Waals surface area contributed by atoms with Crippen molar-refractivity contribution in [2.45, 2.75) is 13.5 Å². The maximum absolute atomic E-state index is 13.3. The van der Waals surface area contributed by atoms with E-state index in [-0.39, 0.29) is 5.91 Å². The van der Waals surface area contributed by atoms with Gasteiger partial charge in [-0.2, -0.15) is 0 Å². The molecule has 0 aliphatic carbocycles. The maximum Gasteiger partial charge on any atom is 0.259 e. The number of hydrogen-bond acceptors (Lipinski definition) is 3. The molecule has 0 atom stereocenters. The average molecular weight is 332 g/mol. The number of methoxy groups -OCH3 is 1. The number of aromatic nitrogens is 1. The highest BCUT2D eigenvalue weighted by molar-refractivity contribution is 6.07. The molecule has 0 saturated carbocycles. The van der Waals surface area contributed by atoms with Gasteiger partial charge in [-0.15, -0.1) is 0 Å². The number of nitrogens with zero attached hydrogens (tertiary/aromatic N) is 2. The molecule has 3 aromatic rings. The molecule has 0 aliphatic rings. The standard InChI is InChI=1S/C21H20N2O2/c1-16-14-22-13-12-18(16)21(24)23(15-17-8-4-3-5-9-17)19-10-6-7-11-20(19)25-2/h3-14H,15H2,1-2H3. The van der Waals surface area contributed by atoms with Gasteiger partial charge in [-0.3, -0.25) is 9.78 Å². The number of amides is 1. The Balaban J connectivity index is 2.05. The van der Waals surface area contributed by atoms with Gasteiger partial charge < -0.3 is 9.64 Å². The molecule has 4 nitrogen and oxygen atoms in total. The number of anilines is 1. The summed E-state index contributed by atoms with van der Waals surface area (Å²) in [5, 5.41) is 0. The summed E-state index contributed by atoms with van der Waals surface area (Å²) in [6, 6.07) is 19.2. The van der Waals surface area contributed by atoms with Crippen molar-refractivity contribution < 1.29 is 9.53 Å². The molecule has 1 amide bonds. The van der Waals surface area contributed by atoms with Crippen LogP contribution in [0.4, 0.5) is 5.69 Å². The first kappa shape index (κ1) is 16.7. The number of carbonyl (C=O) groups excluding carboxylic acids is 1. The predicted molar refractivity (Wildman–Crippen MR) is 98.9 cm³/mol. The fourth-order valence-corrected chi connectivity index (χ4v) is 2.74. The summed E-state index contributed by atoms with van der Waals surface area (Å²) in [6.07, 6.45) is 3.35. The monoisotopic (exact) mass is 332 g/mol. The third-order valence-corrected chi connectivity index (χ3v) is 4.06. The lowest BCUT2D eigenvalue weighted by Gasteiger charge is -2.25. The van der Waals surface area contributed by atoms with Crippen molar-refractivity contribution in [2.24, 2.45) is 0 Å². The Kier molecular flexibility index (Phi) is 5.09. The first-order chi connectivity index (χ1) is 12.2. The van der Waals surface area contributed by atoms with Gasteiger partial charge >= 0.3 is 0 Å². The van der Waals surface area contributed by atoms with Gasteiger partial charge in [0, 0.05) is 18.0 Å². The van der Waals surface area contributed by atoms with Crippen molar-refractivity contribution in [1.82, 2.24) is 4.98 Å². The van der Waals surface area contributed by atoms with E-state index in [2.05, 4.69) is 4.98 Å². The van der Waals surface area contributed by atoms with Crippen molar-refractivity contribution in [3.63, 3.8) is 0 Å². The van der Waals surface area contributed by atoms with E-state index in [0.29, 0.717) is 17.9 Å². The van der Waals surface area contributed by atoms with Gasteiger partial charge in [-0.1, -0.05) is 42.5 Å². The van der Waals surface area contributed by atoms with E-state index in [1.165, 1.54) is 0 Å². The van der Waals surface area contributed by atoms with E-state index in [9.17, 15) is 4.79 Å². The molecule has 2 aromatic carbocycles. The highest BCUT2D eigenvalue weighted by Gasteiger charge is 2.22. The molecule has 0 radical (unpaired) electrons. The molecule has 3 rings (SSSR count). The van der Waals surface area contributed by atoms with E-state index >= 15 is 0 Å². The second-order valence-corrected chi connectivity index (χ2v) is 5.74. The van der Waals surface area contributed by atoms with E-state index in [1.807, 2.05) is 61.5 Å². The first-order valence-electron chi connectivity index (χ1n) is 8.10. The van der Waals surface area contributed by atoms with Gasteiger partial charge in [0.1, 0.15) is 5.75 Å². The molecule has 0 unspecified atom stereocenters. The van der Waals surface area contributed by atoms with Crippen LogP contribution in [0.15, 0.2) is 73.1 Å². The molecular formula is C21H20N2O2. The largest absolute Gasteiger partial charge is 0.495 e. The first-order valence-corrected chi connectivity index (χ1v) is 8.10. The molecular weight excluding hydrogens is 312 g/mol. The molecule has 0 N–H and O–H groups in total. The summed E-state index contributed by atoms with van der Waals surface area (Å²) < 4.78 is 5.47. The maximum atomic E-state index is 13.3. The molecule has 0 spiro atoms. The van der Waals surface area contributed by atoms with Gasteiger partial charge in [0.2, 0.25) is 0 Å². The van der Waals surface area contributed by atoms with Crippen LogP contribution in [0.2, 0.25) is 0 Å². The topological polar surface area (TPSA) is 42.4 Å². The van der Waals surface area contributed by atoms with E-state index < -0.39 is 0 Å². The van der Waals surface area contributed by atoms with Crippen LogP contribution in [0.1, 0.15) is 21.5 Å². The summed E-state index contributed by atoms with van der Waals surface area (Å²) in [6.45, 7) is 2.35. The number of pyridine rings is 1. The lowest BCUT2D eigenvalue weighted by atomic mass is 10.1. The summed E-state index contributed by atoms with van der Waals surface area (Å²) in [4.78, 5) is 19.1. The zero-order valence-electron chi connectivity index (χ0n) is 14.3. The smallest absolute Gasteiger partial charge is 0.259 e. The Morgan fingerprint density at radius 3 is 2.48 bits per heavy atom. The lowest BCUT2D eigenvalue weighted by molar-refractivity contribution is 0.0983. The van der Waals surface area contributed by atoms with Crippen LogP contribution in [-0.4, -0.2) is 18.0 Å². The molecule has 25 heavy (non-hydrogen) atoms. The van der Waals surface area contributed by atoms with Crippen molar-refractivity contribution >= 4 is 11.6 Å². The zero-order valence-corrected chi connectivity index (χ0v) is 14.3. The predicted octanol–water partition coefficient (Wildman–Crippen LogP) is 4.25. The Bertz CT molecular complexity index is 863. The summed E-state index contributed by atoms with van der Waals surface area (Å²) >= 11 is 0. The lowest BCUT2D eigenvalue weighted by Crippen LogP contribution is -2.31. The average Bonchev–Trinajstić information content (AvgIpc) is 2.67. The Labute approximate surface area is 147 Å². The third-order valence-electron chi connectivity index (χ3n) is 4.06. The van der Waals surface area contributed by atoms with Crippen molar-refractivity contribution in [3.8, 4) is 5.75 Å². The minimum Gasteiger partial charge on any atom is -0.495 e. The number of ether oxygens (including phenoxy) is 1. The minimum absolute atomic E-state index is 0.0757. The molecule has 0 saturated heterocycles. The van der Waals surface area contributed by atoms with Crippen molar-refractivity contribution in [1.29, 1.82) is 0 Å². The number of para-hydroxylation sites is 2.